The molecule has 0 saturated carbocycles. The Hall–Kier alpha value is -0.170. The van der Waals surface area contributed by atoms with Crippen molar-refractivity contribution in [2.45, 2.75) is 52.5 Å². The van der Waals surface area contributed by atoms with Gasteiger partial charge in [0.05, 0.1) is 0 Å². The van der Waals surface area contributed by atoms with Gasteiger partial charge in [0.25, 0.3) is 10.2 Å². The summed E-state index contributed by atoms with van der Waals surface area (Å²) in [6.07, 6.45) is 3.95. The molecule has 0 radical (unpaired) electrons. The minimum atomic E-state index is -3.31. The second-order valence-corrected chi connectivity index (χ2v) is 7.19. The van der Waals surface area contributed by atoms with Gasteiger partial charge in [-0.25, -0.2) is 0 Å². The van der Waals surface area contributed by atoms with E-state index in [1.165, 1.54) is 0 Å². The first kappa shape index (κ1) is 16.9. The van der Waals surface area contributed by atoms with E-state index in [2.05, 4.69) is 23.9 Å². The van der Waals surface area contributed by atoms with Crippen molar-refractivity contribution >= 4 is 10.2 Å². The Morgan fingerprint density at radius 1 is 1.37 bits per heavy atom. The van der Waals surface area contributed by atoms with E-state index in [1.54, 1.807) is 4.31 Å². The summed E-state index contributed by atoms with van der Waals surface area (Å²) in [7, 11) is -3.31. The molecular formula is C13H29N3O2S. The van der Waals surface area contributed by atoms with Crippen molar-refractivity contribution in [1.82, 2.24) is 14.3 Å². The van der Waals surface area contributed by atoms with Crippen molar-refractivity contribution in [1.29, 1.82) is 0 Å². The van der Waals surface area contributed by atoms with Crippen LogP contribution < -0.4 is 10.0 Å². The van der Waals surface area contributed by atoms with Crippen LogP contribution in [-0.4, -0.2) is 44.9 Å². The Labute approximate surface area is 118 Å². The highest BCUT2D eigenvalue weighted by atomic mass is 32.2. The van der Waals surface area contributed by atoms with E-state index in [4.69, 9.17) is 0 Å². The molecule has 2 N–H and O–H groups in total. The number of hydrogen-bond donors (Lipinski definition) is 2. The van der Waals surface area contributed by atoms with Crippen molar-refractivity contribution in [3.8, 4) is 0 Å². The first-order valence-corrected chi connectivity index (χ1v) is 8.91. The first-order valence-electron chi connectivity index (χ1n) is 7.47. The van der Waals surface area contributed by atoms with Crippen molar-refractivity contribution in [2.24, 2.45) is 5.92 Å². The standard InChI is InChI=1S/C13H29N3O2S/c1-4-7-12(3)15-19(17,18)16-9-6-8-13(11-16)10-14-5-2/h12-15H,4-11H2,1-3H3. The lowest BCUT2D eigenvalue weighted by Gasteiger charge is -2.32. The largest absolute Gasteiger partial charge is 0.317 e. The molecule has 0 aromatic carbocycles. The first-order chi connectivity index (χ1) is 8.99. The second-order valence-electron chi connectivity index (χ2n) is 5.49. The highest BCUT2D eigenvalue weighted by Crippen LogP contribution is 2.18. The van der Waals surface area contributed by atoms with Crippen molar-refractivity contribution in [2.75, 3.05) is 26.2 Å². The van der Waals surface area contributed by atoms with Crippen LogP contribution >= 0.6 is 0 Å². The predicted molar refractivity (Wildman–Crippen MR) is 79.3 cm³/mol. The summed E-state index contributed by atoms with van der Waals surface area (Å²) in [6.45, 7) is 9.21. The van der Waals surface area contributed by atoms with Crippen LogP contribution in [0.1, 0.15) is 46.5 Å². The van der Waals surface area contributed by atoms with Gasteiger partial charge in [-0.15, -0.1) is 0 Å². The normalized spacial score (nSPS) is 23.4. The second kappa shape index (κ2) is 8.19. The molecule has 1 aliphatic heterocycles. The molecule has 114 valence electrons. The number of nitrogens with one attached hydrogen (secondary N) is 2. The predicted octanol–water partition coefficient (Wildman–Crippen LogP) is 1.33. The van der Waals surface area contributed by atoms with Gasteiger partial charge in [0.1, 0.15) is 0 Å². The van der Waals surface area contributed by atoms with E-state index >= 15 is 0 Å². The molecule has 5 nitrogen and oxygen atoms in total. The Bertz CT molecular complexity index is 346. The molecule has 1 saturated heterocycles. The molecule has 1 aliphatic rings. The topological polar surface area (TPSA) is 61.4 Å². The minimum Gasteiger partial charge on any atom is -0.317 e. The van der Waals surface area contributed by atoms with Crippen LogP contribution in [0.15, 0.2) is 0 Å². The molecule has 1 fully saturated rings. The molecule has 0 spiro atoms. The lowest BCUT2D eigenvalue weighted by Crippen LogP contribution is -2.49. The summed E-state index contributed by atoms with van der Waals surface area (Å²) in [5.74, 6) is 0.437. The third kappa shape index (κ3) is 5.77. The summed E-state index contributed by atoms with van der Waals surface area (Å²) in [5, 5.41) is 3.31. The fraction of sp³-hybridized carbons (Fsp3) is 1.00. The van der Waals surface area contributed by atoms with Gasteiger partial charge in [-0.2, -0.15) is 17.4 Å². The summed E-state index contributed by atoms with van der Waals surface area (Å²) in [4.78, 5) is 0. The Morgan fingerprint density at radius 2 is 2.11 bits per heavy atom. The van der Waals surface area contributed by atoms with Gasteiger partial charge in [0.2, 0.25) is 0 Å². The average Bonchev–Trinajstić information content (AvgIpc) is 2.36. The van der Waals surface area contributed by atoms with Crippen LogP contribution in [-0.2, 0) is 10.2 Å². The number of hydrogen-bond acceptors (Lipinski definition) is 3. The summed E-state index contributed by atoms with van der Waals surface area (Å²) >= 11 is 0. The van der Waals surface area contributed by atoms with Gasteiger partial charge in [0, 0.05) is 19.1 Å². The maximum Gasteiger partial charge on any atom is 0.279 e. The van der Waals surface area contributed by atoms with Gasteiger partial charge in [-0.1, -0.05) is 20.3 Å². The minimum absolute atomic E-state index is 0.0177. The highest BCUT2D eigenvalue weighted by Gasteiger charge is 2.29. The molecule has 0 aromatic heterocycles. The maximum atomic E-state index is 12.3. The molecule has 1 heterocycles. The summed E-state index contributed by atoms with van der Waals surface area (Å²) in [6, 6.07) is 0.0177. The van der Waals surface area contributed by atoms with Crippen LogP contribution in [0, 0.1) is 5.92 Å². The van der Waals surface area contributed by atoms with Gasteiger partial charge < -0.3 is 5.32 Å². The van der Waals surface area contributed by atoms with Crippen molar-refractivity contribution in [3.05, 3.63) is 0 Å². The molecule has 0 aromatic rings. The molecule has 0 aliphatic carbocycles. The van der Waals surface area contributed by atoms with E-state index < -0.39 is 10.2 Å². The SMILES string of the molecule is CCCC(C)NS(=O)(=O)N1CCCC(CNCC)C1. The molecule has 1 rings (SSSR count). The number of piperidine rings is 1. The molecule has 2 unspecified atom stereocenters. The molecule has 6 heteroatoms. The van der Waals surface area contributed by atoms with Crippen molar-refractivity contribution in [3.63, 3.8) is 0 Å². The Morgan fingerprint density at radius 3 is 2.74 bits per heavy atom. The Kier molecular flexibility index (Phi) is 7.28. The van der Waals surface area contributed by atoms with Gasteiger partial charge in [-0.05, 0) is 45.2 Å². The van der Waals surface area contributed by atoms with Crippen LogP contribution in [0.3, 0.4) is 0 Å². The van der Waals surface area contributed by atoms with E-state index in [0.717, 1.165) is 38.8 Å². The van der Waals surface area contributed by atoms with E-state index in [0.29, 0.717) is 19.0 Å². The third-order valence-corrected chi connectivity index (χ3v) is 5.29. The zero-order valence-corrected chi connectivity index (χ0v) is 13.3. The highest BCUT2D eigenvalue weighted by molar-refractivity contribution is 7.87. The quantitative estimate of drug-likeness (QED) is 0.709. The lowest BCUT2D eigenvalue weighted by atomic mass is 10.00. The maximum absolute atomic E-state index is 12.3. The van der Waals surface area contributed by atoms with Crippen LogP contribution in [0.4, 0.5) is 0 Å². The fourth-order valence-electron chi connectivity index (χ4n) is 2.58. The molecule has 0 amide bonds. The third-order valence-electron chi connectivity index (χ3n) is 3.58. The number of rotatable bonds is 8. The lowest BCUT2D eigenvalue weighted by molar-refractivity contribution is 0.257. The van der Waals surface area contributed by atoms with Crippen LogP contribution in [0.2, 0.25) is 0 Å². The van der Waals surface area contributed by atoms with Crippen LogP contribution in [0.5, 0.6) is 0 Å². The molecule has 0 bridgehead atoms. The monoisotopic (exact) mass is 291 g/mol. The Balaban J connectivity index is 2.52. The van der Waals surface area contributed by atoms with Crippen molar-refractivity contribution < 1.29 is 8.42 Å². The zero-order chi connectivity index (χ0) is 14.3. The molecule has 19 heavy (non-hydrogen) atoms. The van der Waals surface area contributed by atoms with E-state index in [9.17, 15) is 8.42 Å². The van der Waals surface area contributed by atoms with E-state index in [-0.39, 0.29) is 6.04 Å². The average molecular weight is 291 g/mol. The number of nitrogens with zero attached hydrogens (tertiary/aromatic N) is 1. The van der Waals surface area contributed by atoms with Gasteiger partial charge >= 0.3 is 0 Å². The summed E-state index contributed by atoms with van der Waals surface area (Å²) < 4.78 is 29.0. The van der Waals surface area contributed by atoms with Gasteiger partial charge in [0.15, 0.2) is 0 Å². The van der Waals surface area contributed by atoms with Crippen LogP contribution in [0.25, 0.3) is 0 Å². The van der Waals surface area contributed by atoms with Gasteiger partial charge in [-0.3, -0.25) is 0 Å². The fourth-order valence-corrected chi connectivity index (χ4v) is 4.13. The summed E-state index contributed by atoms with van der Waals surface area (Å²) in [5.41, 5.74) is 0. The molecular weight excluding hydrogens is 262 g/mol. The smallest absolute Gasteiger partial charge is 0.279 e. The zero-order valence-electron chi connectivity index (χ0n) is 12.5. The van der Waals surface area contributed by atoms with E-state index in [1.807, 2.05) is 6.92 Å². The molecule has 2 atom stereocenters.